The van der Waals surface area contributed by atoms with Crippen LogP contribution in [0.5, 0.6) is 0 Å². The average Bonchev–Trinajstić information content (AvgIpc) is 2.91. The molecule has 0 saturated heterocycles. The molecule has 5 nitrogen and oxygen atoms in total. The number of carbonyl (C=O) groups is 1. The fraction of sp³-hybridized carbons (Fsp3) is 0.417. The number of rotatable bonds is 3. The van der Waals surface area contributed by atoms with E-state index < -0.39 is 5.54 Å². The van der Waals surface area contributed by atoms with Gasteiger partial charge >= 0.3 is 0 Å². The Morgan fingerprint density at radius 2 is 2.37 bits per heavy atom. The molecule has 19 heavy (non-hydrogen) atoms. The molecule has 1 aliphatic carbocycles. The second-order valence-corrected chi connectivity index (χ2v) is 6.48. The van der Waals surface area contributed by atoms with Crippen LogP contribution in [0.3, 0.4) is 0 Å². The van der Waals surface area contributed by atoms with Crippen molar-refractivity contribution in [1.82, 2.24) is 10.8 Å². The van der Waals surface area contributed by atoms with E-state index in [-0.39, 0.29) is 17.8 Å². The summed E-state index contributed by atoms with van der Waals surface area (Å²) < 4.78 is 0.617. The second-order valence-electron chi connectivity index (χ2n) is 4.76. The molecule has 3 rings (SSSR count). The molecule has 1 aromatic heterocycles. The lowest BCUT2D eigenvalue weighted by Crippen LogP contribution is -2.54. The lowest BCUT2D eigenvalue weighted by atomic mass is 9.90. The SMILES string of the molecule is NC1=CC(C(=O)NC2CCC2)(c2ccc(Cl)s2)NO1. The summed E-state index contributed by atoms with van der Waals surface area (Å²) in [6, 6.07) is 3.81. The maximum atomic E-state index is 12.5. The van der Waals surface area contributed by atoms with E-state index in [9.17, 15) is 4.79 Å². The molecule has 102 valence electrons. The summed E-state index contributed by atoms with van der Waals surface area (Å²) in [5.41, 5.74) is 7.29. The number of nitrogens with one attached hydrogen (secondary N) is 2. The van der Waals surface area contributed by atoms with Gasteiger partial charge in [0.25, 0.3) is 5.91 Å². The van der Waals surface area contributed by atoms with Crippen LogP contribution in [0.1, 0.15) is 24.1 Å². The van der Waals surface area contributed by atoms with Gasteiger partial charge in [0.15, 0.2) is 5.54 Å². The minimum Gasteiger partial charge on any atom is -0.390 e. The number of hydrogen-bond donors (Lipinski definition) is 3. The zero-order valence-electron chi connectivity index (χ0n) is 10.1. The van der Waals surface area contributed by atoms with E-state index in [1.807, 2.05) is 0 Å². The molecular formula is C12H14ClN3O2S. The summed E-state index contributed by atoms with van der Waals surface area (Å²) in [5, 5.41) is 3.01. The van der Waals surface area contributed by atoms with Crippen molar-refractivity contribution in [3.63, 3.8) is 0 Å². The van der Waals surface area contributed by atoms with Gasteiger partial charge in [-0.2, -0.15) is 0 Å². The Kier molecular flexibility index (Phi) is 3.16. The van der Waals surface area contributed by atoms with Gasteiger partial charge in [-0.25, -0.2) is 0 Å². The number of carbonyl (C=O) groups excluding carboxylic acids is 1. The third kappa shape index (κ3) is 2.20. The van der Waals surface area contributed by atoms with Crippen molar-refractivity contribution in [2.75, 3.05) is 0 Å². The summed E-state index contributed by atoms with van der Waals surface area (Å²) in [6.07, 6.45) is 4.79. The molecule has 0 radical (unpaired) electrons. The van der Waals surface area contributed by atoms with Crippen LogP contribution in [0, 0.1) is 0 Å². The van der Waals surface area contributed by atoms with Crippen molar-refractivity contribution in [2.24, 2.45) is 5.73 Å². The van der Waals surface area contributed by atoms with Gasteiger partial charge in [0.05, 0.1) is 4.34 Å². The van der Waals surface area contributed by atoms with E-state index in [0.29, 0.717) is 4.34 Å². The third-order valence-electron chi connectivity index (χ3n) is 3.45. The summed E-state index contributed by atoms with van der Waals surface area (Å²) in [4.78, 5) is 18.4. The number of halogens is 1. The number of hydroxylamine groups is 1. The van der Waals surface area contributed by atoms with Crippen LogP contribution in [0.25, 0.3) is 0 Å². The van der Waals surface area contributed by atoms with Gasteiger partial charge in [-0.1, -0.05) is 11.6 Å². The molecule has 1 fully saturated rings. The summed E-state index contributed by atoms with van der Waals surface area (Å²) in [6.45, 7) is 0. The Morgan fingerprint density at radius 1 is 1.58 bits per heavy atom. The number of amides is 1. The molecule has 1 atom stereocenters. The lowest BCUT2D eigenvalue weighted by Gasteiger charge is -2.31. The highest BCUT2D eigenvalue weighted by atomic mass is 35.5. The van der Waals surface area contributed by atoms with Gasteiger partial charge in [0.2, 0.25) is 5.88 Å². The molecule has 2 heterocycles. The zero-order valence-corrected chi connectivity index (χ0v) is 11.7. The predicted octanol–water partition coefficient (Wildman–Crippen LogP) is 1.60. The number of nitrogens with two attached hydrogens (primary N) is 1. The topological polar surface area (TPSA) is 76.4 Å². The van der Waals surface area contributed by atoms with E-state index in [2.05, 4.69) is 10.8 Å². The van der Waals surface area contributed by atoms with Crippen LogP contribution < -0.4 is 16.5 Å². The largest absolute Gasteiger partial charge is 0.390 e. The first-order chi connectivity index (χ1) is 9.10. The monoisotopic (exact) mass is 299 g/mol. The van der Waals surface area contributed by atoms with E-state index >= 15 is 0 Å². The fourth-order valence-electron chi connectivity index (χ4n) is 2.13. The van der Waals surface area contributed by atoms with Crippen LogP contribution in [-0.4, -0.2) is 11.9 Å². The Bertz CT molecular complexity index is 541. The first-order valence-electron chi connectivity index (χ1n) is 6.09. The number of thiophene rings is 1. The maximum Gasteiger partial charge on any atom is 0.253 e. The molecular weight excluding hydrogens is 286 g/mol. The minimum atomic E-state index is -1.07. The van der Waals surface area contributed by atoms with Crippen LogP contribution in [0.15, 0.2) is 24.1 Å². The molecule has 1 saturated carbocycles. The summed E-state index contributed by atoms with van der Waals surface area (Å²) in [7, 11) is 0. The van der Waals surface area contributed by atoms with E-state index in [1.54, 1.807) is 18.2 Å². The van der Waals surface area contributed by atoms with Crippen molar-refractivity contribution >= 4 is 28.8 Å². The summed E-state index contributed by atoms with van der Waals surface area (Å²) in [5.74, 6) is 0.0319. The Balaban J connectivity index is 1.90. The quantitative estimate of drug-likeness (QED) is 0.792. The molecule has 7 heteroatoms. The molecule has 1 aliphatic heterocycles. The van der Waals surface area contributed by atoms with Crippen LogP contribution in [0.4, 0.5) is 0 Å². The van der Waals surface area contributed by atoms with E-state index in [1.165, 1.54) is 11.3 Å². The predicted molar refractivity (Wildman–Crippen MR) is 73.3 cm³/mol. The molecule has 1 amide bonds. The molecule has 1 unspecified atom stereocenters. The second kappa shape index (κ2) is 4.70. The Hall–Kier alpha value is -1.24. The summed E-state index contributed by atoms with van der Waals surface area (Å²) >= 11 is 7.28. The number of hydrogen-bond acceptors (Lipinski definition) is 5. The van der Waals surface area contributed by atoms with Crippen LogP contribution in [-0.2, 0) is 15.2 Å². The lowest BCUT2D eigenvalue weighted by molar-refractivity contribution is -0.130. The average molecular weight is 300 g/mol. The van der Waals surface area contributed by atoms with E-state index in [0.717, 1.165) is 24.1 Å². The molecule has 0 spiro atoms. The highest BCUT2D eigenvalue weighted by molar-refractivity contribution is 7.16. The molecule has 0 aromatic carbocycles. The van der Waals surface area contributed by atoms with Crippen molar-refractivity contribution < 1.29 is 9.63 Å². The minimum absolute atomic E-state index is 0.156. The first-order valence-corrected chi connectivity index (χ1v) is 7.29. The van der Waals surface area contributed by atoms with Gasteiger partial charge in [-0.3, -0.25) is 4.79 Å². The van der Waals surface area contributed by atoms with Crippen molar-refractivity contribution in [1.29, 1.82) is 0 Å². The third-order valence-corrected chi connectivity index (χ3v) is 4.82. The molecule has 4 N–H and O–H groups in total. The Labute approximate surface area is 119 Å². The van der Waals surface area contributed by atoms with Gasteiger partial charge in [0.1, 0.15) is 0 Å². The molecule has 1 aromatic rings. The van der Waals surface area contributed by atoms with Crippen LogP contribution >= 0.6 is 22.9 Å². The smallest absolute Gasteiger partial charge is 0.253 e. The highest BCUT2D eigenvalue weighted by Crippen LogP contribution is 2.36. The fourth-order valence-corrected chi connectivity index (χ4v) is 3.28. The molecule has 2 aliphatic rings. The normalized spacial score (nSPS) is 26.5. The maximum absolute atomic E-state index is 12.5. The zero-order chi connectivity index (χ0) is 13.5. The standard InChI is InChI=1S/C12H14ClN3O2S/c13-9-5-4-8(19-9)12(6-10(14)18-16-12)11(17)15-7-2-1-3-7/h4-7,16H,1-3,14H2,(H,15,17). The van der Waals surface area contributed by atoms with Crippen molar-refractivity contribution in [3.8, 4) is 0 Å². The first kappa shape index (κ1) is 12.8. The van der Waals surface area contributed by atoms with Gasteiger partial charge in [-0.15, -0.1) is 16.8 Å². The van der Waals surface area contributed by atoms with Gasteiger partial charge in [0, 0.05) is 17.0 Å². The van der Waals surface area contributed by atoms with E-state index in [4.69, 9.17) is 22.2 Å². The van der Waals surface area contributed by atoms with Gasteiger partial charge in [-0.05, 0) is 31.4 Å². The van der Waals surface area contributed by atoms with Crippen LogP contribution in [0.2, 0.25) is 4.34 Å². The van der Waals surface area contributed by atoms with Gasteiger partial charge < -0.3 is 15.9 Å². The van der Waals surface area contributed by atoms with Crippen molar-refractivity contribution in [3.05, 3.63) is 33.3 Å². The van der Waals surface area contributed by atoms with Crippen molar-refractivity contribution in [2.45, 2.75) is 30.8 Å². The highest BCUT2D eigenvalue weighted by Gasteiger charge is 2.45. The Morgan fingerprint density at radius 3 is 2.84 bits per heavy atom. The molecule has 0 bridgehead atoms.